The highest BCUT2D eigenvalue weighted by Crippen LogP contribution is 2.36. The summed E-state index contributed by atoms with van der Waals surface area (Å²) < 4.78 is 16.1. The molecule has 2 heterocycles. The van der Waals surface area contributed by atoms with Crippen LogP contribution in [0.2, 0.25) is 5.02 Å². The smallest absolute Gasteiger partial charge is 0.242 e. The summed E-state index contributed by atoms with van der Waals surface area (Å²) >= 11 is 6.29. The summed E-state index contributed by atoms with van der Waals surface area (Å²) in [4.78, 5) is 58.3. The van der Waals surface area contributed by atoms with E-state index in [0.29, 0.717) is 60.2 Å². The Balaban J connectivity index is 0. The van der Waals surface area contributed by atoms with E-state index in [1.165, 1.54) is 13.5 Å². The van der Waals surface area contributed by atoms with Gasteiger partial charge >= 0.3 is 0 Å². The Morgan fingerprint density at radius 3 is 2.13 bits per heavy atom. The molecule has 15 heteroatoms. The third-order valence-corrected chi connectivity index (χ3v) is 8.17. The molecule has 2 atom stereocenters. The van der Waals surface area contributed by atoms with E-state index in [2.05, 4.69) is 60.2 Å². The number of aryl methyl sites for hydroxylation is 1. The fourth-order valence-corrected chi connectivity index (χ4v) is 4.66. The van der Waals surface area contributed by atoms with Gasteiger partial charge in [0.25, 0.3) is 0 Å². The average molecular weight is 858 g/mol. The molecule has 2 aromatic carbocycles. The molecule has 0 saturated carbocycles. The van der Waals surface area contributed by atoms with Crippen molar-refractivity contribution in [1.82, 2.24) is 31.5 Å². The molecule has 1 unspecified atom stereocenters. The molecule has 0 saturated heterocycles. The van der Waals surface area contributed by atoms with Gasteiger partial charge in [0.05, 0.1) is 33.4 Å². The van der Waals surface area contributed by atoms with Gasteiger partial charge in [-0.1, -0.05) is 89.2 Å². The summed E-state index contributed by atoms with van der Waals surface area (Å²) in [5.74, 6) is 1.63. The lowest BCUT2D eigenvalue weighted by Gasteiger charge is -2.27. The molecular formula is C45H69ClN6O8. The molecular weight excluding hydrogens is 788 g/mol. The van der Waals surface area contributed by atoms with Crippen molar-refractivity contribution in [2.75, 3.05) is 47.9 Å². The van der Waals surface area contributed by atoms with Crippen LogP contribution in [-0.4, -0.2) is 95.0 Å². The number of nitrogens with zero attached hydrogens (tertiary/aromatic N) is 1. The van der Waals surface area contributed by atoms with Crippen LogP contribution in [0.3, 0.4) is 0 Å². The van der Waals surface area contributed by atoms with Crippen molar-refractivity contribution in [2.24, 2.45) is 0 Å². The molecule has 0 aromatic heterocycles. The van der Waals surface area contributed by atoms with Gasteiger partial charge in [0.1, 0.15) is 17.6 Å². The number of carbonyl (C=O) groups excluding carboxylic acids is 5. The summed E-state index contributed by atoms with van der Waals surface area (Å²) in [6.45, 7) is 25.0. The molecule has 2 aliphatic heterocycles. The third-order valence-electron chi connectivity index (χ3n) is 7.82. The maximum Gasteiger partial charge on any atom is 0.242 e. The lowest BCUT2D eigenvalue weighted by Crippen LogP contribution is -2.48. The number of ether oxygens (including phenoxy) is 3. The number of likely N-dealkylation sites (N-methyl/N-ethyl adjacent to an activating group) is 2. The van der Waals surface area contributed by atoms with E-state index in [1.54, 1.807) is 52.2 Å². The van der Waals surface area contributed by atoms with Crippen molar-refractivity contribution >= 4 is 41.6 Å². The van der Waals surface area contributed by atoms with E-state index in [1.807, 2.05) is 57.2 Å². The summed E-state index contributed by atoms with van der Waals surface area (Å²) in [7, 11) is 6.30. The highest BCUT2D eigenvalue weighted by Gasteiger charge is 2.19. The van der Waals surface area contributed by atoms with Gasteiger partial charge in [0.2, 0.25) is 30.0 Å². The Morgan fingerprint density at radius 1 is 0.983 bits per heavy atom. The van der Waals surface area contributed by atoms with Gasteiger partial charge < -0.3 is 45.7 Å². The highest BCUT2D eigenvalue weighted by atomic mass is 35.5. The first-order chi connectivity index (χ1) is 28.5. The zero-order chi connectivity index (χ0) is 46.2. The molecule has 2 aliphatic rings. The summed E-state index contributed by atoms with van der Waals surface area (Å²) in [5.41, 5.74) is 3.53. The van der Waals surface area contributed by atoms with Gasteiger partial charge in [0.15, 0.2) is 11.5 Å². The molecule has 0 spiro atoms. The zero-order valence-corrected chi connectivity index (χ0v) is 38.3. The number of methoxy groups -OCH3 is 2. The molecule has 5 N–H and O–H groups in total. The van der Waals surface area contributed by atoms with E-state index >= 15 is 0 Å². The van der Waals surface area contributed by atoms with E-state index in [0.717, 1.165) is 22.4 Å². The van der Waals surface area contributed by atoms with Crippen LogP contribution in [0.5, 0.6) is 17.2 Å². The quantitative estimate of drug-likeness (QED) is 0.0818. The van der Waals surface area contributed by atoms with Gasteiger partial charge in [-0.3, -0.25) is 24.0 Å². The minimum Gasteiger partial charge on any atom is -0.497 e. The number of halogens is 1. The molecule has 2 aromatic rings. The maximum absolute atomic E-state index is 11.9. The van der Waals surface area contributed by atoms with Crippen LogP contribution in [0.25, 0.3) is 0 Å². The first kappa shape index (κ1) is 56.3. The van der Waals surface area contributed by atoms with Crippen molar-refractivity contribution in [3.05, 3.63) is 101 Å². The predicted octanol–water partition coefficient (Wildman–Crippen LogP) is 6.40. The summed E-state index contributed by atoms with van der Waals surface area (Å²) in [6.07, 6.45) is 7.16. The van der Waals surface area contributed by atoms with Crippen LogP contribution in [-0.2, 0) is 41.6 Å². The number of hydrogen-bond acceptors (Lipinski definition) is 9. The predicted molar refractivity (Wildman–Crippen MR) is 242 cm³/mol. The normalized spacial score (nSPS) is 12.2. The first-order valence-electron chi connectivity index (χ1n) is 19.8. The number of nitrogens with one attached hydrogen (secondary N) is 5. The van der Waals surface area contributed by atoms with Gasteiger partial charge in [0, 0.05) is 43.8 Å². The molecule has 14 nitrogen and oxygen atoms in total. The Morgan fingerprint density at radius 2 is 1.60 bits per heavy atom. The SMILES string of the molecule is C=C(C)/C=C\C(=C)OC.C=C([C@H](C)NC(=O)C(C)NC=O)N(C)CC(=O)NCC(=O)NC.CC.CCC.COc1cc(Cl)c2cc1Oc1ccc(cc1)CCC(=O)NCC2. The van der Waals surface area contributed by atoms with Crippen LogP contribution in [0.1, 0.15) is 72.4 Å². The zero-order valence-electron chi connectivity index (χ0n) is 37.5. The fraction of sp³-hybridized carbons (Fsp3) is 0.444. The lowest BCUT2D eigenvalue weighted by atomic mass is 10.1. The molecule has 334 valence electrons. The number of carbonyl (C=O) groups is 5. The fourth-order valence-electron chi connectivity index (χ4n) is 4.42. The first-order valence-corrected chi connectivity index (χ1v) is 20.2. The molecule has 4 rings (SSSR count). The minimum atomic E-state index is -0.663. The van der Waals surface area contributed by atoms with Crippen LogP contribution >= 0.6 is 11.6 Å². The maximum atomic E-state index is 11.9. The minimum absolute atomic E-state index is 0.00181. The topological polar surface area (TPSA) is 176 Å². The van der Waals surface area contributed by atoms with Gasteiger partial charge in [-0.15, -0.1) is 0 Å². The van der Waals surface area contributed by atoms with Crippen molar-refractivity contribution in [2.45, 2.75) is 86.2 Å². The van der Waals surface area contributed by atoms with Gasteiger partial charge in [-0.25, -0.2) is 0 Å². The molecule has 0 fully saturated rings. The second kappa shape index (κ2) is 33.1. The van der Waals surface area contributed by atoms with Crippen LogP contribution in [0, 0.1) is 0 Å². The van der Waals surface area contributed by atoms with Crippen LogP contribution < -0.4 is 36.1 Å². The lowest BCUT2D eigenvalue weighted by molar-refractivity contribution is -0.126. The van der Waals surface area contributed by atoms with Crippen LogP contribution in [0.15, 0.2) is 85.3 Å². The van der Waals surface area contributed by atoms with E-state index in [4.69, 9.17) is 25.8 Å². The second-order valence-corrected chi connectivity index (χ2v) is 13.4. The number of rotatable bonds is 14. The third kappa shape index (κ3) is 24.9. The van der Waals surface area contributed by atoms with E-state index in [-0.39, 0.29) is 36.7 Å². The van der Waals surface area contributed by atoms with Crippen molar-refractivity contribution in [3.8, 4) is 17.2 Å². The summed E-state index contributed by atoms with van der Waals surface area (Å²) in [6, 6.07) is 10.3. The Bertz CT molecular complexity index is 1700. The molecule has 4 bridgehead atoms. The van der Waals surface area contributed by atoms with E-state index in [9.17, 15) is 24.0 Å². The van der Waals surface area contributed by atoms with Crippen molar-refractivity contribution < 1.29 is 38.2 Å². The van der Waals surface area contributed by atoms with Crippen LogP contribution in [0.4, 0.5) is 0 Å². The molecule has 0 aliphatic carbocycles. The monoisotopic (exact) mass is 856 g/mol. The summed E-state index contributed by atoms with van der Waals surface area (Å²) in [5, 5.41) is 13.4. The Kier molecular flexibility index (Phi) is 31.1. The number of amides is 5. The largest absolute Gasteiger partial charge is 0.497 e. The number of benzene rings is 2. The van der Waals surface area contributed by atoms with Gasteiger partial charge in [-0.05, 0) is 69.0 Å². The van der Waals surface area contributed by atoms with E-state index < -0.39 is 12.1 Å². The van der Waals surface area contributed by atoms with Gasteiger partial charge in [-0.2, -0.15) is 0 Å². The number of allylic oxidation sites excluding steroid dienone is 3. The Hall–Kier alpha value is -5.76. The molecule has 5 amide bonds. The van der Waals surface area contributed by atoms with Crippen molar-refractivity contribution in [3.63, 3.8) is 0 Å². The number of fused-ring (bicyclic) bond motifs is 7. The second-order valence-electron chi connectivity index (χ2n) is 13.0. The number of hydrogen-bond donors (Lipinski definition) is 5. The van der Waals surface area contributed by atoms with Crippen molar-refractivity contribution in [1.29, 1.82) is 0 Å². The molecule has 0 radical (unpaired) electrons. The highest BCUT2D eigenvalue weighted by molar-refractivity contribution is 6.31. The average Bonchev–Trinajstić information content (AvgIpc) is 3.23. The standard InChI is InChI=1S/C18H18ClNO3.C14H25N5O4.C8H12O.C3H8.C2H6/c1-22-16-11-15(19)13-8-9-20-18(21)7-4-12-2-5-14(6-3-12)23-17(16)10-13;1-9(18-14(23)10(2)17-8-20)11(3)19(5)7-13(22)16-6-12(21)15-4;1-7(2)5-6-8(3)9-4;1-3-2;1-2/h2-3,5-6,10-11H,4,7-9H2,1H3,(H,20,21);8-10H,3,6-7H2,1-2,4-5H3,(H,15,21)(H,16,22)(H,17,20)(H,18,23);5-6H,1,3H2,2,4H3;3H2,1-2H3;1-2H3/b;;6-5-;;/t;9-,10?;;;/m.0.../s1. The Labute approximate surface area is 363 Å². The molecule has 60 heavy (non-hydrogen) atoms.